The summed E-state index contributed by atoms with van der Waals surface area (Å²) in [6.45, 7) is 0.666. The lowest BCUT2D eigenvalue weighted by Gasteiger charge is -2.31. The summed E-state index contributed by atoms with van der Waals surface area (Å²) in [5.41, 5.74) is 9.78. The van der Waals surface area contributed by atoms with Crippen molar-refractivity contribution < 1.29 is 5.11 Å². The first kappa shape index (κ1) is 12.0. The van der Waals surface area contributed by atoms with Gasteiger partial charge in [-0.25, -0.2) is 0 Å². The fourth-order valence-electron chi connectivity index (χ4n) is 3.87. The van der Waals surface area contributed by atoms with E-state index in [0.717, 1.165) is 31.2 Å². The number of aryl methyl sites for hydroxylation is 1. The number of nitrogens with two attached hydrogens (primary N) is 1. The Morgan fingerprint density at radius 3 is 2.50 bits per heavy atom. The van der Waals surface area contributed by atoms with E-state index in [9.17, 15) is 5.11 Å². The van der Waals surface area contributed by atoms with Crippen molar-refractivity contribution in [3.8, 4) is 5.75 Å². The average molecular weight is 245 g/mol. The van der Waals surface area contributed by atoms with E-state index in [1.54, 1.807) is 0 Å². The molecular formula is C16H23NO. The molecule has 18 heavy (non-hydrogen) atoms. The lowest BCUT2D eigenvalue weighted by molar-refractivity contribution is 0.399. The third-order valence-corrected chi connectivity index (χ3v) is 5.03. The minimum atomic E-state index is 0.0521. The molecule has 2 aliphatic rings. The number of fused-ring (bicyclic) bond motifs is 1. The van der Waals surface area contributed by atoms with Crippen LogP contribution in [0, 0.1) is 0 Å². The van der Waals surface area contributed by atoms with Crippen LogP contribution in [0.5, 0.6) is 5.75 Å². The van der Waals surface area contributed by atoms with Crippen molar-refractivity contribution in [2.24, 2.45) is 5.73 Å². The Morgan fingerprint density at radius 1 is 1.06 bits per heavy atom. The maximum Gasteiger partial charge on any atom is 0.122 e. The molecule has 1 aromatic carbocycles. The van der Waals surface area contributed by atoms with Crippen molar-refractivity contribution in [3.63, 3.8) is 0 Å². The molecule has 0 saturated heterocycles. The third kappa shape index (κ3) is 1.74. The molecule has 2 nitrogen and oxygen atoms in total. The second kappa shape index (κ2) is 4.58. The van der Waals surface area contributed by atoms with Crippen LogP contribution >= 0.6 is 0 Å². The Kier molecular flexibility index (Phi) is 3.06. The molecule has 0 heterocycles. The minimum absolute atomic E-state index is 0.0521. The molecule has 0 spiro atoms. The van der Waals surface area contributed by atoms with E-state index in [1.807, 2.05) is 0 Å². The van der Waals surface area contributed by atoms with Crippen molar-refractivity contribution in [1.29, 1.82) is 0 Å². The number of phenols is 1. The normalized spacial score (nSPS) is 21.8. The molecule has 0 atom stereocenters. The number of benzene rings is 1. The predicted octanol–water partition coefficient (Wildman–Crippen LogP) is 3.04. The highest BCUT2D eigenvalue weighted by molar-refractivity contribution is 5.50. The van der Waals surface area contributed by atoms with Gasteiger partial charge in [0.25, 0.3) is 0 Å². The van der Waals surface area contributed by atoms with Gasteiger partial charge in [-0.3, -0.25) is 0 Å². The Bertz CT molecular complexity index is 447. The Hall–Kier alpha value is -1.02. The first-order valence-corrected chi connectivity index (χ1v) is 7.31. The SMILES string of the molecule is NCC1(c2ccc3c(c2O)CCCC3)CCCC1. The first-order chi connectivity index (χ1) is 8.77. The number of hydrogen-bond donors (Lipinski definition) is 2. The van der Waals surface area contributed by atoms with Gasteiger partial charge in [0.15, 0.2) is 0 Å². The van der Waals surface area contributed by atoms with Gasteiger partial charge in [-0.1, -0.05) is 25.0 Å². The highest BCUT2D eigenvalue weighted by Crippen LogP contribution is 2.46. The number of aromatic hydroxyl groups is 1. The van der Waals surface area contributed by atoms with Crippen LogP contribution in [0.2, 0.25) is 0 Å². The van der Waals surface area contributed by atoms with Gasteiger partial charge in [-0.05, 0) is 49.7 Å². The van der Waals surface area contributed by atoms with E-state index >= 15 is 0 Å². The van der Waals surface area contributed by atoms with Crippen LogP contribution < -0.4 is 5.73 Å². The van der Waals surface area contributed by atoms with Crippen LogP contribution in [0.4, 0.5) is 0 Å². The molecule has 2 aliphatic carbocycles. The summed E-state index contributed by atoms with van der Waals surface area (Å²) in [4.78, 5) is 0. The maximum atomic E-state index is 10.6. The van der Waals surface area contributed by atoms with Crippen LogP contribution in [0.15, 0.2) is 12.1 Å². The third-order valence-electron chi connectivity index (χ3n) is 5.03. The van der Waals surface area contributed by atoms with Gasteiger partial charge in [0.2, 0.25) is 0 Å². The van der Waals surface area contributed by atoms with Crippen LogP contribution in [-0.4, -0.2) is 11.7 Å². The van der Waals surface area contributed by atoms with E-state index in [1.165, 1.54) is 36.8 Å². The van der Waals surface area contributed by atoms with Crippen molar-refractivity contribution in [3.05, 3.63) is 28.8 Å². The molecule has 1 fully saturated rings. The standard InChI is InChI=1S/C16H23NO/c17-11-16(9-3-4-10-16)14-8-7-12-5-1-2-6-13(12)15(14)18/h7-8,18H,1-6,9-11,17H2. The van der Waals surface area contributed by atoms with Crippen molar-refractivity contribution in [2.45, 2.75) is 56.8 Å². The quantitative estimate of drug-likeness (QED) is 0.841. The van der Waals surface area contributed by atoms with Crippen molar-refractivity contribution in [1.82, 2.24) is 0 Å². The molecule has 0 amide bonds. The molecule has 0 aromatic heterocycles. The fourth-order valence-corrected chi connectivity index (χ4v) is 3.87. The molecule has 1 aromatic rings. The minimum Gasteiger partial charge on any atom is -0.507 e. The second-order valence-corrected chi connectivity index (χ2v) is 6.00. The summed E-state index contributed by atoms with van der Waals surface area (Å²) in [5, 5.41) is 10.6. The zero-order chi connectivity index (χ0) is 12.6. The number of hydrogen-bond acceptors (Lipinski definition) is 2. The Labute approximate surface area is 109 Å². The predicted molar refractivity (Wildman–Crippen MR) is 73.9 cm³/mol. The molecule has 0 aliphatic heterocycles. The van der Waals surface area contributed by atoms with E-state index < -0.39 is 0 Å². The molecule has 3 rings (SSSR count). The van der Waals surface area contributed by atoms with E-state index in [4.69, 9.17) is 5.73 Å². The molecule has 98 valence electrons. The summed E-state index contributed by atoms with van der Waals surface area (Å²) in [7, 11) is 0. The fraction of sp³-hybridized carbons (Fsp3) is 0.625. The van der Waals surface area contributed by atoms with Crippen LogP contribution in [0.25, 0.3) is 0 Å². The smallest absolute Gasteiger partial charge is 0.122 e. The average Bonchev–Trinajstić information content (AvgIpc) is 2.89. The van der Waals surface area contributed by atoms with Crippen molar-refractivity contribution in [2.75, 3.05) is 6.54 Å². The molecule has 2 heteroatoms. The Balaban J connectivity index is 2.07. The van der Waals surface area contributed by atoms with Gasteiger partial charge in [0.1, 0.15) is 5.75 Å². The molecule has 0 radical (unpaired) electrons. The molecule has 0 bridgehead atoms. The molecule has 1 saturated carbocycles. The highest BCUT2D eigenvalue weighted by Gasteiger charge is 2.37. The second-order valence-electron chi connectivity index (χ2n) is 6.00. The summed E-state index contributed by atoms with van der Waals surface area (Å²) < 4.78 is 0. The van der Waals surface area contributed by atoms with Crippen molar-refractivity contribution >= 4 is 0 Å². The summed E-state index contributed by atoms with van der Waals surface area (Å²) in [6.07, 6.45) is 9.38. The highest BCUT2D eigenvalue weighted by atomic mass is 16.3. The van der Waals surface area contributed by atoms with E-state index in [0.29, 0.717) is 12.3 Å². The first-order valence-electron chi connectivity index (χ1n) is 7.31. The zero-order valence-corrected chi connectivity index (χ0v) is 11.0. The summed E-state index contributed by atoms with van der Waals surface area (Å²) in [6, 6.07) is 4.39. The largest absolute Gasteiger partial charge is 0.507 e. The van der Waals surface area contributed by atoms with Crippen LogP contribution in [0.3, 0.4) is 0 Å². The lowest BCUT2D eigenvalue weighted by atomic mass is 9.76. The number of phenolic OH excluding ortho intramolecular Hbond substituents is 1. The molecular weight excluding hydrogens is 222 g/mol. The summed E-state index contributed by atoms with van der Waals surface area (Å²) >= 11 is 0. The van der Waals surface area contributed by atoms with E-state index in [-0.39, 0.29) is 5.41 Å². The lowest BCUT2D eigenvalue weighted by Crippen LogP contribution is -2.32. The topological polar surface area (TPSA) is 46.2 Å². The van der Waals surface area contributed by atoms with Gasteiger partial charge in [0.05, 0.1) is 0 Å². The Morgan fingerprint density at radius 2 is 1.78 bits per heavy atom. The van der Waals surface area contributed by atoms with Crippen LogP contribution in [0.1, 0.15) is 55.2 Å². The van der Waals surface area contributed by atoms with Gasteiger partial charge >= 0.3 is 0 Å². The monoisotopic (exact) mass is 245 g/mol. The van der Waals surface area contributed by atoms with E-state index in [2.05, 4.69) is 12.1 Å². The van der Waals surface area contributed by atoms with Gasteiger partial charge < -0.3 is 10.8 Å². The zero-order valence-electron chi connectivity index (χ0n) is 11.0. The van der Waals surface area contributed by atoms with Crippen LogP contribution in [-0.2, 0) is 18.3 Å². The van der Waals surface area contributed by atoms with Gasteiger partial charge in [-0.2, -0.15) is 0 Å². The van der Waals surface area contributed by atoms with Gasteiger partial charge in [-0.15, -0.1) is 0 Å². The molecule has 0 unspecified atom stereocenters. The summed E-state index contributed by atoms with van der Waals surface area (Å²) in [5.74, 6) is 0.569. The van der Waals surface area contributed by atoms with Gasteiger partial charge in [0, 0.05) is 17.5 Å². The molecule has 3 N–H and O–H groups in total. The number of rotatable bonds is 2. The maximum absolute atomic E-state index is 10.6.